The number of para-hydroxylation sites is 3. The maximum Gasteiger partial charge on any atom is 0.227 e. The van der Waals surface area contributed by atoms with Gasteiger partial charge in [-0.3, -0.25) is 4.79 Å². The minimum Gasteiger partial charge on any atom is -0.323 e. The van der Waals surface area contributed by atoms with E-state index in [4.69, 9.17) is 4.98 Å². The average Bonchev–Trinajstić information content (AvgIpc) is 3.30. The molecule has 4 aromatic rings. The molecular weight excluding hydrogens is 365 g/mol. The Kier molecular flexibility index (Phi) is 4.35. The van der Waals surface area contributed by atoms with Gasteiger partial charge in [-0.25, -0.2) is 9.37 Å². The first kappa shape index (κ1) is 17.6. The number of benzene rings is 3. The Morgan fingerprint density at radius 1 is 0.931 bits per heavy atom. The van der Waals surface area contributed by atoms with Gasteiger partial charge in [0.2, 0.25) is 5.91 Å². The number of aromatic nitrogens is 2. The van der Waals surface area contributed by atoms with Crippen LogP contribution in [0.5, 0.6) is 0 Å². The van der Waals surface area contributed by atoms with Crippen molar-refractivity contribution in [3.63, 3.8) is 0 Å². The van der Waals surface area contributed by atoms with Crippen LogP contribution < -0.4 is 4.90 Å². The molecule has 1 aliphatic rings. The molecule has 144 valence electrons. The third-order valence-electron chi connectivity index (χ3n) is 5.50. The van der Waals surface area contributed by atoms with Crippen LogP contribution in [0.2, 0.25) is 0 Å². The number of hydrogen-bond acceptors (Lipinski definition) is 2. The fourth-order valence-corrected chi connectivity index (χ4v) is 4.12. The van der Waals surface area contributed by atoms with E-state index in [1.807, 2.05) is 36.4 Å². The summed E-state index contributed by atoms with van der Waals surface area (Å²) < 4.78 is 16.5. The van der Waals surface area contributed by atoms with Crippen molar-refractivity contribution in [1.82, 2.24) is 9.55 Å². The molecule has 29 heavy (non-hydrogen) atoms. The molecule has 1 aliphatic heterocycles. The third kappa shape index (κ3) is 3.18. The van der Waals surface area contributed by atoms with Gasteiger partial charge in [-0.2, -0.15) is 0 Å². The van der Waals surface area contributed by atoms with E-state index < -0.39 is 0 Å². The first-order valence-electron chi connectivity index (χ1n) is 9.74. The normalized spacial score (nSPS) is 16.7. The molecule has 1 unspecified atom stereocenters. The van der Waals surface area contributed by atoms with E-state index in [-0.39, 0.29) is 17.6 Å². The Morgan fingerprint density at radius 3 is 2.48 bits per heavy atom. The van der Waals surface area contributed by atoms with Crippen molar-refractivity contribution < 1.29 is 9.18 Å². The molecule has 3 aromatic carbocycles. The molecule has 4 nitrogen and oxygen atoms in total. The van der Waals surface area contributed by atoms with E-state index in [0.717, 1.165) is 16.9 Å². The molecule has 0 spiro atoms. The second-order valence-corrected chi connectivity index (χ2v) is 7.39. The third-order valence-corrected chi connectivity index (χ3v) is 5.50. The predicted molar refractivity (Wildman–Crippen MR) is 111 cm³/mol. The van der Waals surface area contributed by atoms with Crippen molar-refractivity contribution >= 4 is 22.6 Å². The number of nitrogens with zero attached hydrogens (tertiary/aromatic N) is 3. The Bertz CT molecular complexity index is 1190. The highest BCUT2D eigenvalue weighted by Gasteiger charge is 2.35. The smallest absolute Gasteiger partial charge is 0.227 e. The van der Waals surface area contributed by atoms with Crippen molar-refractivity contribution in [2.24, 2.45) is 0 Å². The molecule has 0 saturated carbocycles. The molecule has 2 heterocycles. The number of carbonyl (C=O) groups excluding carboxylic acids is 1. The Balaban J connectivity index is 1.54. The van der Waals surface area contributed by atoms with Crippen LogP contribution in [0.25, 0.3) is 11.0 Å². The highest BCUT2D eigenvalue weighted by Crippen LogP contribution is 2.34. The fraction of sp³-hybridized carbons (Fsp3) is 0.167. The zero-order valence-electron chi connectivity index (χ0n) is 15.8. The van der Waals surface area contributed by atoms with Gasteiger partial charge in [0.1, 0.15) is 11.6 Å². The van der Waals surface area contributed by atoms with Gasteiger partial charge in [0, 0.05) is 25.4 Å². The second-order valence-electron chi connectivity index (χ2n) is 7.39. The highest BCUT2D eigenvalue weighted by molar-refractivity contribution is 5.96. The SMILES string of the molecule is O=C1CC(c2nc3ccccc3n2Cc2ccccc2)CN1c1ccccc1F. The zero-order chi connectivity index (χ0) is 19.8. The van der Waals surface area contributed by atoms with Crippen molar-refractivity contribution in [3.8, 4) is 0 Å². The number of hydrogen-bond donors (Lipinski definition) is 0. The monoisotopic (exact) mass is 385 g/mol. The lowest BCUT2D eigenvalue weighted by molar-refractivity contribution is -0.117. The molecule has 5 rings (SSSR count). The van der Waals surface area contributed by atoms with Crippen LogP contribution >= 0.6 is 0 Å². The number of carbonyl (C=O) groups is 1. The van der Waals surface area contributed by atoms with E-state index >= 15 is 0 Å². The van der Waals surface area contributed by atoms with Crippen molar-refractivity contribution in [3.05, 3.63) is 96.1 Å². The average molecular weight is 385 g/mol. The van der Waals surface area contributed by atoms with Crippen molar-refractivity contribution in [2.45, 2.75) is 18.9 Å². The molecule has 5 heteroatoms. The van der Waals surface area contributed by atoms with Gasteiger partial charge in [-0.15, -0.1) is 0 Å². The number of rotatable bonds is 4. The molecule has 1 aromatic heterocycles. The standard InChI is InChI=1S/C24H20FN3O/c25-19-10-4-6-12-21(19)27-16-18(14-23(27)29)24-26-20-11-5-7-13-22(20)28(24)15-17-8-2-1-3-9-17/h1-13,18H,14-16H2. The van der Waals surface area contributed by atoms with Crippen LogP contribution in [0.3, 0.4) is 0 Å². The molecule has 1 fully saturated rings. The van der Waals surface area contributed by atoms with Crippen LogP contribution in [0.4, 0.5) is 10.1 Å². The summed E-state index contributed by atoms with van der Waals surface area (Å²) in [5, 5.41) is 0. The van der Waals surface area contributed by atoms with Gasteiger partial charge >= 0.3 is 0 Å². The molecule has 1 saturated heterocycles. The van der Waals surface area contributed by atoms with Crippen LogP contribution in [0.1, 0.15) is 23.7 Å². The molecule has 0 radical (unpaired) electrons. The largest absolute Gasteiger partial charge is 0.323 e. The lowest BCUT2D eigenvalue weighted by Crippen LogP contribution is -2.25. The minimum atomic E-state index is -0.376. The summed E-state index contributed by atoms with van der Waals surface area (Å²) in [7, 11) is 0. The molecule has 0 aliphatic carbocycles. The van der Waals surface area contributed by atoms with Crippen LogP contribution in [0.15, 0.2) is 78.9 Å². The lowest BCUT2D eigenvalue weighted by Gasteiger charge is -2.18. The maximum atomic E-state index is 14.3. The van der Waals surface area contributed by atoms with Crippen LogP contribution in [0, 0.1) is 5.82 Å². The lowest BCUT2D eigenvalue weighted by atomic mass is 10.1. The highest BCUT2D eigenvalue weighted by atomic mass is 19.1. The number of anilines is 1. The molecule has 0 N–H and O–H groups in total. The van der Waals surface area contributed by atoms with Gasteiger partial charge in [-0.05, 0) is 29.8 Å². The summed E-state index contributed by atoms with van der Waals surface area (Å²) in [6.07, 6.45) is 0.326. The van der Waals surface area contributed by atoms with Crippen LogP contribution in [-0.2, 0) is 11.3 Å². The molecular formula is C24H20FN3O. The Hall–Kier alpha value is -3.47. The second kappa shape index (κ2) is 7.17. The molecule has 0 bridgehead atoms. The van der Waals surface area contributed by atoms with E-state index in [2.05, 4.69) is 22.8 Å². The van der Waals surface area contributed by atoms with Gasteiger partial charge in [0.25, 0.3) is 0 Å². The Labute approximate surface area is 168 Å². The van der Waals surface area contributed by atoms with E-state index in [0.29, 0.717) is 25.2 Å². The molecule has 1 atom stereocenters. The predicted octanol–water partition coefficient (Wildman–Crippen LogP) is 4.74. The van der Waals surface area contributed by atoms with Crippen LogP contribution in [-0.4, -0.2) is 22.0 Å². The number of halogens is 1. The first-order valence-corrected chi connectivity index (χ1v) is 9.74. The Morgan fingerprint density at radius 2 is 1.66 bits per heavy atom. The zero-order valence-corrected chi connectivity index (χ0v) is 15.8. The number of imidazole rings is 1. The summed E-state index contributed by atoms with van der Waals surface area (Å²) in [4.78, 5) is 19.1. The summed E-state index contributed by atoms with van der Waals surface area (Å²) in [5.74, 6) is 0.346. The van der Waals surface area contributed by atoms with E-state index in [9.17, 15) is 9.18 Å². The van der Waals surface area contributed by atoms with Gasteiger partial charge in [0.15, 0.2) is 0 Å². The van der Waals surface area contributed by atoms with Crippen molar-refractivity contribution in [1.29, 1.82) is 0 Å². The minimum absolute atomic E-state index is 0.0709. The summed E-state index contributed by atoms with van der Waals surface area (Å²) in [5.41, 5.74) is 3.47. The van der Waals surface area contributed by atoms with Gasteiger partial charge in [-0.1, -0.05) is 54.6 Å². The fourth-order valence-electron chi connectivity index (χ4n) is 4.12. The van der Waals surface area contributed by atoms with Crippen molar-refractivity contribution in [2.75, 3.05) is 11.4 Å². The van der Waals surface area contributed by atoms with E-state index in [1.54, 1.807) is 23.1 Å². The summed E-state index contributed by atoms with van der Waals surface area (Å²) in [6.45, 7) is 1.11. The maximum absolute atomic E-state index is 14.3. The summed E-state index contributed by atoms with van der Waals surface area (Å²) in [6, 6.07) is 24.7. The first-order chi connectivity index (χ1) is 14.2. The summed E-state index contributed by atoms with van der Waals surface area (Å²) >= 11 is 0. The van der Waals surface area contributed by atoms with Gasteiger partial charge in [0.05, 0.1) is 16.7 Å². The molecule has 1 amide bonds. The topological polar surface area (TPSA) is 38.1 Å². The van der Waals surface area contributed by atoms with Gasteiger partial charge < -0.3 is 9.47 Å². The quantitative estimate of drug-likeness (QED) is 0.509. The number of amides is 1. The van der Waals surface area contributed by atoms with E-state index in [1.165, 1.54) is 11.6 Å². The number of fused-ring (bicyclic) bond motifs is 1.